The molecular weight excluding hydrogens is 825 g/mol. The van der Waals surface area contributed by atoms with Gasteiger partial charge in [-0.3, -0.25) is 28.9 Å². The molecule has 0 atom stereocenters. The summed E-state index contributed by atoms with van der Waals surface area (Å²) < 4.78 is 19.8. The summed E-state index contributed by atoms with van der Waals surface area (Å²) in [6, 6.07) is 19.9. The number of hydrogen-bond donors (Lipinski definition) is 3. The Morgan fingerprint density at radius 3 is 1.54 bits per heavy atom. The Morgan fingerprint density at radius 2 is 1.11 bits per heavy atom. The van der Waals surface area contributed by atoms with Crippen LogP contribution in [0.5, 0.6) is 11.5 Å². The number of rotatable bonds is 4. The van der Waals surface area contributed by atoms with Crippen LogP contribution in [0.4, 0.5) is 4.79 Å². The van der Waals surface area contributed by atoms with E-state index in [-0.39, 0.29) is 23.4 Å². The number of methoxy groups -OCH3 is 2. The van der Waals surface area contributed by atoms with E-state index in [1.54, 1.807) is 19.1 Å². The van der Waals surface area contributed by atoms with E-state index in [1.165, 1.54) is 5.56 Å². The van der Waals surface area contributed by atoms with Gasteiger partial charge in [0.25, 0.3) is 11.8 Å². The van der Waals surface area contributed by atoms with Gasteiger partial charge in [-0.2, -0.15) is 10.2 Å². The molecule has 12 rings (SSSR count). The predicted molar refractivity (Wildman–Crippen MR) is 241 cm³/mol. The third-order valence-electron chi connectivity index (χ3n) is 13.3. The Bertz CT molecular complexity index is 2920. The van der Waals surface area contributed by atoms with E-state index in [0.29, 0.717) is 25.3 Å². The molecule has 0 bridgehead atoms. The largest absolute Gasteiger partial charge is 0.497 e. The highest BCUT2D eigenvalue weighted by atomic mass is 16.6. The SMILES string of the molecule is COc1ccc(-c2cc3c(cn2)CCc2c-3nn3c2C(=O)NC2(CN(C(=O)OC(C)(C)C)C2)C3)cc1.COc1ccc(-c2cc3c(cn2)CCc2c-3nn3c2C(=O)NC2(CNC2)C3)cc1. The molecule has 16 nitrogen and oxygen atoms in total. The molecule has 332 valence electrons. The summed E-state index contributed by atoms with van der Waals surface area (Å²) in [5, 5.41) is 19.5. The van der Waals surface area contributed by atoms with E-state index < -0.39 is 11.1 Å². The van der Waals surface area contributed by atoms with Crippen LogP contribution in [0.1, 0.15) is 64.0 Å². The molecule has 6 aliphatic rings. The maximum absolute atomic E-state index is 13.3. The number of ether oxygens (including phenoxy) is 3. The first-order chi connectivity index (χ1) is 31.3. The normalized spacial score (nSPS) is 17.8. The van der Waals surface area contributed by atoms with Crippen LogP contribution in [-0.2, 0) is 43.5 Å². The van der Waals surface area contributed by atoms with Crippen LogP contribution >= 0.6 is 0 Å². The van der Waals surface area contributed by atoms with Crippen molar-refractivity contribution in [2.24, 2.45) is 0 Å². The molecular formula is C49H50N10O6. The van der Waals surface area contributed by atoms with E-state index in [1.807, 2.05) is 91.1 Å². The number of carbonyl (C=O) groups is 3. The minimum atomic E-state index is -0.559. The smallest absolute Gasteiger partial charge is 0.410 e. The zero-order valence-corrected chi connectivity index (χ0v) is 37.1. The second-order valence-corrected chi connectivity index (χ2v) is 19.0. The lowest BCUT2D eigenvalue weighted by Crippen LogP contribution is -2.75. The lowest BCUT2D eigenvalue weighted by atomic mass is 9.86. The van der Waals surface area contributed by atoms with Crippen molar-refractivity contribution in [3.8, 4) is 56.5 Å². The summed E-state index contributed by atoms with van der Waals surface area (Å²) in [6.07, 6.45) is 6.75. The van der Waals surface area contributed by atoms with Crippen molar-refractivity contribution in [1.82, 2.24) is 50.4 Å². The molecule has 3 N–H and O–H groups in total. The summed E-state index contributed by atoms with van der Waals surface area (Å²) in [5.74, 6) is 1.48. The summed E-state index contributed by atoms with van der Waals surface area (Å²) in [7, 11) is 3.31. The molecule has 0 unspecified atom stereocenters. The predicted octanol–water partition coefficient (Wildman–Crippen LogP) is 5.26. The van der Waals surface area contributed by atoms with E-state index in [2.05, 4.69) is 38.1 Å². The molecule has 0 saturated carbocycles. The van der Waals surface area contributed by atoms with Crippen LogP contribution in [0, 0.1) is 0 Å². The minimum absolute atomic E-state index is 0.000570. The summed E-state index contributed by atoms with van der Waals surface area (Å²) in [5.41, 5.74) is 12.1. The van der Waals surface area contributed by atoms with Gasteiger partial charge in [0.05, 0.1) is 74.3 Å². The molecule has 2 saturated heterocycles. The maximum atomic E-state index is 13.3. The van der Waals surface area contributed by atoms with Gasteiger partial charge in [0.2, 0.25) is 0 Å². The number of fused-ring (bicyclic) bond motifs is 10. The zero-order chi connectivity index (χ0) is 44.8. The Labute approximate surface area is 375 Å². The number of likely N-dealkylation sites (tertiary alicyclic amines) is 1. The van der Waals surface area contributed by atoms with Gasteiger partial charge in [0, 0.05) is 58.9 Å². The molecule has 2 aromatic carbocycles. The number of amides is 3. The average Bonchev–Trinajstić information content (AvgIpc) is 3.86. The molecule has 2 fully saturated rings. The number of aromatic nitrogens is 6. The van der Waals surface area contributed by atoms with Gasteiger partial charge >= 0.3 is 6.09 Å². The van der Waals surface area contributed by atoms with Crippen LogP contribution in [0.2, 0.25) is 0 Å². The summed E-state index contributed by atoms with van der Waals surface area (Å²) >= 11 is 0. The lowest BCUT2D eigenvalue weighted by molar-refractivity contribution is -0.0231. The number of nitrogens with zero attached hydrogens (tertiary/aromatic N) is 7. The van der Waals surface area contributed by atoms with E-state index in [9.17, 15) is 14.4 Å². The molecule has 65 heavy (non-hydrogen) atoms. The fourth-order valence-electron chi connectivity index (χ4n) is 10.0. The van der Waals surface area contributed by atoms with E-state index in [4.69, 9.17) is 24.4 Å². The molecule has 6 aromatic rings. The summed E-state index contributed by atoms with van der Waals surface area (Å²) in [6.45, 7) is 9.17. The van der Waals surface area contributed by atoms with Gasteiger partial charge in [0.1, 0.15) is 28.5 Å². The highest BCUT2D eigenvalue weighted by molar-refractivity contribution is 5.99. The highest BCUT2D eigenvalue weighted by Gasteiger charge is 2.52. The fourth-order valence-corrected chi connectivity index (χ4v) is 10.0. The maximum Gasteiger partial charge on any atom is 0.410 e. The van der Waals surface area contributed by atoms with Gasteiger partial charge < -0.3 is 35.1 Å². The van der Waals surface area contributed by atoms with Crippen molar-refractivity contribution in [2.45, 2.75) is 76.2 Å². The number of pyridine rings is 2. The second-order valence-electron chi connectivity index (χ2n) is 19.0. The van der Waals surface area contributed by atoms with Crippen LogP contribution in [0.25, 0.3) is 45.0 Å². The topological polar surface area (TPSA) is 180 Å². The first-order valence-corrected chi connectivity index (χ1v) is 22.1. The highest BCUT2D eigenvalue weighted by Crippen LogP contribution is 2.41. The molecule has 4 aromatic heterocycles. The van der Waals surface area contributed by atoms with Crippen molar-refractivity contribution < 1.29 is 28.6 Å². The van der Waals surface area contributed by atoms with Gasteiger partial charge in [-0.05, 0) is 118 Å². The quantitative estimate of drug-likeness (QED) is 0.211. The second kappa shape index (κ2) is 15.0. The Morgan fingerprint density at radius 1 is 0.646 bits per heavy atom. The van der Waals surface area contributed by atoms with Gasteiger partial charge in [-0.15, -0.1) is 0 Å². The van der Waals surface area contributed by atoms with Crippen molar-refractivity contribution in [1.29, 1.82) is 0 Å². The first kappa shape index (κ1) is 40.7. The van der Waals surface area contributed by atoms with Gasteiger partial charge in [0.15, 0.2) is 0 Å². The molecule has 4 aliphatic heterocycles. The fraction of sp³-hybridized carbons (Fsp3) is 0.367. The minimum Gasteiger partial charge on any atom is -0.497 e. The Hall–Kier alpha value is -7.07. The molecule has 2 spiro atoms. The molecule has 8 heterocycles. The molecule has 3 amide bonds. The third kappa shape index (κ3) is 7.06. The van der Waals surface area contributed by atoms with Crippen LogP contribution in [0.15, 0.2) is 73.1 Å². The monoisotopic (exact) mass is 874 g/mol. The van der Waals surface area contributed by atoms with Crippen LogP contribution < -0.4 is 25.4 Å². The number of hydrogen-bond acceptors (Lipinski definition) is 11. The Balaban J connectivity index is 0.000000147. The van der Waals surface area contributed by atoms with Crippen molar-refractivity contribution >= 4 is 17.9 Å². The molecule has 16 heteroatoms. The molecule has 0 radical (unpaired) electrons. The van der Waals surface area contributed by atoms with Crippen LogP contribution in [0.3, 0.4) is 0 Å². The standard InChI is InChI=1S/C27H29N5O4.C22H21N5O2/c1-26(2,3)36-25(34)31-13-27(14-31)15-32-23(24(33)29-27)19-10-7-17-12-28-21(11-20(17)22(19)30-32)16-5-8-18(35-4)9-6-16;1-29-15-5-2-13(3-6-15)18-8-17-14(9-24-18)4-7-16-19(17)26-27-12-22(10-23-11-22)25-21(28)20(16)27/h5-6,8-9,11-12H,7,10,13-15H2,1-4H3,(H,29,33);2-3,5-6,8-9,23H,4,7,10-12H2,1H3,(H,25,28). The first-order valence-electron chi connectivity index (χ1n) is 22.1. The number of aryl methyl sites for hydroxylation is 2. The number of benzene rings is 2. The van der Waals surface area contributed by atoms with Gasteiger partial charge in [-0.1, -0.05) is 0 Å². The van der Waals surface area contributed by atoms with E-state index >= 15 is 0 Å². The Kier molecular flexibility index (Phi) is 9.39. The van der Waals surface area contributed by atoms with Gasteiger partial charge in [-0.25, -0.2) is 4.79 Å². The van der Waals surface area contributed by atoms with Crippen molar-refractivity contribution in [2.75, 3.05) is 40.4 Å². The number of carbonyl (C=O) groups excluding carboxylic acids is 3. The van der Waals surface area contributed by atoms with Crippen molar-refractivity contribution in [3.63, 3.8) is 0 Å². The number of nitrogens with one attached hydrogen (secondary N) is 3. The van der Waals surface area contributed by atoms with Crippen LogP contribution in [-0.4, -0.2) is 109 Å². The molecule has 2 aliphatic carbocycles. The van der Waals surface area contributed by atoms with E-state index in [0.717, 1.165) is 124 Å². The lowest BCUT2D eigenvalue weighted by Gasteiger charge is -2.51. The average molecular weight is 875 g/mol. The zero-order valence-electron chi connectivity index (χ0n) is 37.1. The summed E-state index contributed by atoms with van der Waals surface area (Å²) in [4.78, 5) is 49.5. The third-order valence-corrected chi connectivity index (χ3v) is 13.3. The van der Waals surface area contributed by atoms with Crippen molar-refractivity contribution in [3.05, 3.63) is 107 Å².